The van der Waals surface area contributed by atoms with Crippen LogP contribution in [0, 0.1) is 6.92 Å². The highest BCUT2D eigenvalue weighted by molar-refractivity contribution is 7.92. The minimum atomic E-state index is -3.67. The largest absolute Gasteiger partial charge is 0.497 e. The van der Waals surface area contributed by atoms with Gasteiger partial charge in [-0.05, 0) is 36.6 Å². The monoisotopic (exact) mass is 390 g/mol. The molecule has 1 amide bonds. The van der Waals surface area contributed by atoms with Crippen molar-refractivity contribution in [3.8, 4) is 5.75 Å². The predicted octanol–water partition coefficient (Wildman–Crippen LogP) is 2.86. The lowest BCUT2D eigenvalue weighted by Gasteiger charge is -2.30. The Kier molecular flexibility index (Phi) is 6.85. The van der Waals surface area contributed by atoms with Crippen LogP contribution in [0.3, 0.4) is 0 Å². The Bertz CT molecular complexity index is 896. The first-order chi connectivity index (χ1) is 12.8. The van der Waals surface area contributed by atoms with Crippen LogP contribution in [-0.2, 0) is 21.4 Å². The number of aryl methyl sites for hydroxylation is 1. The van der Waals surface area contributed by atoms with E-state index in [4.69, 9.17) is 4.74 Å². The van der Waals surface area contributed by atoms with E-state index in [-0.39, 0.29) is 5.91 Å². The number of rotatable bonds is 8. The lowest BCUT2D eigenvalue weighted by Crippen LogP contribution is -2.49. The quantitative estimate of drug-likeness (QED) is 0.752. The van der Waals surface area contributed by atoms with Crippen LogP contribution in [0.2, 0.25) is 0 Å². The van der Waals surface area contributed by atoms with Crippen LogP contribution >= 0.6 is 0 Å². The zero-order valence-electron chi connectivity index (χ0n) is 16.1. The van der Waals surface area contributed by atoms with Crippen LogP contribution in [0.15, 0.2) is 48.5 Å². The molecule has 2 aromatic carbocycles. The average molecular weight is 391 g/mol. The molecule has 0 saturated carbocycles. The number of hydrogen-bond acceptors (Lipinski definition) is 4. The van der Waals surface area contributed by atoms with E-state index >= 15 is 0 Å². The first-order valence-electron chi connectivity index (χ1n) is 8.73. The maximum absolute atomic E-state index is 12.8. The van der Waals surface area contributed by atoms with Gasteiger partial charge in [-0.15, -0.1) is 0 Å². The average Bonchev–Trinajstić information content (AvgIpc) is 2.64. The minimum absolute atomic E-state index is 0.337. The number of sulfonamides is 1. The van der Waals surface area contributed by atoms with Crippen molar-refractivity contribution < 1.29 is 17.9 Å². The Morgan fingerprint density at radius 3 is 2.48 bits per heavy atom. The number of nitrogens with zero attached hydrogens (tertiary/aromatic N) is 1. The summed E-state index contributed by atoms with van der Waals surface area (Å²) in [5.74, 6) is 0.185. The Hall–Kier alpha value is -2.54. The van der Waals surface area contributed by atoms with E-state index in [9.17, 15) is 13.2 Å². The Labute approximate surface area is 161 Å². The fourth-order valence-corrected chi connectivity index (χ4v) is 4.12. The van der Waals surface area contributed by atoms with E-state index in [1.165, 1.54) is 7.11 Å². The number of hydrogen-bond donors (Lipinski definition) is 1. The molecule has 0 unspecified atom stereocenters. The molecule has 146 valence electrons. The zero-order valence-corrected chi connectivity index (χ0v) is 16.9. The van der Waals surface area contributed by atoms with Gasteiger partial charge in [0.15, 0.2) is 0 Å². The molecule has 0 aliphatic carbocycles. The number of methoxy groups -OCH3 is 1. The molecule has 1 atom stereocenters. The third kappa shape index (κ3) is 5.23. The smallest absolute Gasteiger partial charge is 0.244 e. The zero-order chi connectivity index (χ0) is 20.0. The molecule has 27 heavy (non-hydrogen) atoms. The second-order valence-electron chi connectivity index (χ2n) is 6.33. The van der Waals surface area contributed by atoms with Crippen LogP contribution in [-0.4, -0.2) is 33.7 Å². The van der Waals surface area contributed by atoms with E-state index in [0.29, 0.717) is 24.4 Å². The van der Waals surface area contributed by atoms with Crippen molar-refractivity contribution in [3.05, 3.63) is 59.7 Å². The van der Waals surface area contributed by atoms with E-state index in [0.717, 1.165) is 21.7 Å². The molecular formula is C20H26N2O4S. The number of amides is 1. The van der Waals surface area contributed by atoms with Gasteiger partial charge in [-0.3, -0.25) is 9.10 Å². The Balaban J connectivity index is 2.29. The summed E-state index contributed by atoms with van der Waals surface area (Å²) in [6, 6.07) is 13.6. The highest BCUT2D eigenvalue weighted by atomic mass is 32.2. The molecule has 0 bridgehead atoms. The van der Waals surface area contributed by atoms with Crippen molar-refractivity contribution in [2.75, 3.05) is 17.7 Å². The summed E-state index contributed by atoms with van der Waals surface area (Å²) in [7, 11) is -2.16. The summed E-state index contributed by atoms with van der Waals surface area (Å²) in [4.78, 5) is 12.8. The van der Waals surface area contributed by atoms with Crippen LogP contribution in [0.5, 0.6) is 5.75 Å². The molecular weight excluding hydrogens is 364 g/mol. The van der Waals surface area contributed by atoms with E-state index < -0.39 is 16.1 Å². The van der Waals surface area contributed by atoms with Gasteiger partial charge >= 0.3 is 0 Å². The lowest BCUT2D eigenvalue weighted by molar-refractivity contribution is -0.122. The number of anilines is 1. The molecule has 0 fully saturated rings. The highest BCUT2D eigenvalue weighted by Crippen LogP contribution is 2.26. The van der Waals surface area contributed by atoms with Crippen LogP contribution in [0.1, 0.15) is 24.5 Å². The van der Waals surface area contributed by atoms with Gasteiger partial charge in [0.1, 0.15) is 11.8 Å². The minimum Gasteiger partial charge on any atom is -0.497 e. The number of ether oxygens (including phenoxy) is 1. The second kappa shape index (κ2) is 8.90. The third-order valence-corrected chi connectivity index (χ3v) is 5.53. The van der Waals surface area contributed by atoms with Crippen LogP contribution in [0.25, 0.3) is 0 Å². The van der Waals surface area contributed by atoms with Gasteiger partial charge in [0.2, 0.25) is 15.9 Å². The molecule has 0 spiro atoms. The maximum Gasteiger partial charge on any atom is 0.244 e. The second-order valence-corrected chi connectivity index (χ2v) is 8.19. The van der Waals surface area contributed by atoms with Crippen molar-refractivity contribution in [2.24, 2.45) is 0 Å². The topological polar surface area (TPSA) is 75.7 Å². The molecule has 0 aromatic heterocycles. The van der Waals surface area contributed by atoms with Crippen molar-refractivity contribution in [2.45, 2.75) is 32.9 Å². The SMILES string of the molecule is CC[C@H](C(=O)NCc1ccccc1C)N(c1cccc(OC)c1)S(C)(=O)=O. The fraction of sp³-hybridized carbons (Fsp3) is 0.350. The number of benzene rings is 2. The van der Waals surface area contributed by atoms with Crippen molar-refractivity contribution in [3.63, 3.8) is 0 Å². The summed E-state index contributed by atoms with van der Waals surface area (Å²) >= 11 is 0. The Morgan fingerprint density at radius 1 is 1.19 bits per heavy atom. The molecule has 0 saturated heterocycles. The van der Waals surface area contributed by atoms with Crippen LogP contribution < -0.4 is 14.4 Å². The van der Waals surface area contributed by atoms with E-state index in [1.54, 1.807) is 31.2 Å². The number of carbonyl (C=O) groups excluding carboxylic acids is 1. The highest BCUT2D eigenvalue weighted by Gasteiger charge is 2.31. The first-order valence-corrected chi connectivity index (χ1v) is 10.6. The number of nitrogens with one attached hydrogen (secondary N) is 1. The van der Waals surface area contributed by atoms with Gasteiger partial charge < -0.3 is 10.1 Å². The lowest BCUT2D eigenvalue weighted by atomic mass is 10.1. The molecule has 2 rings (SSSR count). The molecule has 0 heterocycles. The van der Waals surface area contributed by atoms with Gasteiger partial charge in [0.25, 0.3) is 0 Å². The molecule has 0 aliphatic rings. The Morgan fingerprint density at radius 2 is 1.89 bits per heavy atom. The fourth-order valence-electron chi connectivity index (χ4n) is 2.92. The molecule has 0 radical (unpaired) electrons. The molecule has 0 aliphatic heterocycles. The van der Waals surface area contributed by atoms with Crippen molar-refractivity contribution >= 4 is 21.6 Å². The van der Waals surface area contributed by atoms with Crippen molar-refractivity contribution in [1.82, 2.24) is 5.32 Å². The van der Waals surface area contributed by atoms with Gasteiger partial charge in [-0.1, -0.05) is 37.3 Å². The van der Waals surface area contributed by atoms with Gasteiger partial charge in [0, 0.05) is 12.6 Å². The third-order valence-electron chi connectivity index (χ3n) is 4.35. The van der Waals surface area contributed by atoms with Gasteiger partial charge in [-0.25, -0.2) is 8.42 Å². The molecule has 7 heteroatoms. The van der Waals surface area contributed by atoms with Crippen molar-refractivity contribution in [1.29, 1.82) is 0 Å². The first kappa shape index (κ1) is 20.8. The summed E-state index contributed by atoms with van der Waals surface area (Å²) < 4.78 is 31.3. The van der Waals surface area contributed by atoms with Gasteiger partial charge in [-0.2, -0.15) is 0 Å². The molecule has 1 N–H and O–H groups in total. The predicted molar refractivity (Wildman–Crippen MR) is 107 cm³/mol. The van der Waals surface area contributed by atoms with E-state index in [2.05, 4.69) is 5.32 Å². The van der Waals surface area contributed by atoms with E-state index in [1.807, 2.05) is 31.2 Å². The standard InChI is InChI=1S/C20H26N2O4S/c1-5-19(20(23)21-14-16-10-7-6-9-15(16)2)22(27(4,24)25)17-11-8-12-18(13-17)26-3/h6-13,19H,5,14H2,1-4H3,(H,21,23)/t19-/m1/s1. The summed E-state index contributed by atoms with van der Waals surface area (Å²) in [5, 5.41) is 2.87. The summed E-state index contributed by atoms with van der Waals surface area (Å²) in [6.07, 6.45) is 1.44. The van der Waals surface area contributed by atoms with Gasteiger partial charge in [0.05, 0.1) is 19.1 Å². The molecule has 6 nitrogen and oxygen atoms in total. The number of carbonyl (C=O) groups is 1. The summed E-state index contributed by atoms with van der Waals surface area (Å²) in [6.45, 7) is 4.10. The van der Waals surface area contributed by atoms with Crippen LogP contribution in [0.4, 0.5) is 5.69 Å². The maximum atomic E-state index is 12.8. The normalized spacial score (nSPS) is 12.3. The molecule has 2 aromatic rings. The summed E-state index contributed by atoms with van der Waals surface area (Å²) in [5.41, 5.74) is 2.46.